The second-order valence-electron chi connectivity index (χ2n) is 10.8. The van der Waals surface area contributed by atoms with Crippen molar-refractivity contribution < 1.29 is 24.2 Å². The van der Waals surface area contributed by atoms with E-state index in [2.05, 4.69) is 5.32 Å². The van der Waals surface area contributed by atoms with Gasteiger partial charge in [0.1, 0.15) is 18.4 Å². The lowest BCUT2D eigenvalue weighted by Crippen LogP contribution is -2.38. The molecule has 7 heteroatoms. The summed E-state index contributed by atoms with van der Waals surface area (Å²) in [6.07, 6.45) is 1.76. The Balaban J connectivity index is 1.40. The van der Waals surface area contributed by atoms with Crippen molar-refractivity contribution in [2.45, 2.75) is 46.1 Å². The van der Waals surface area contributed by atoms with Crippen LogP contribution in [-0.4, -0.2) is 42.0 Å². The van der Waals surface area contributed by atoms with Gasteiger partial charge in [-0.1, -0.05) is 80.6 Å². The predicted molar refractivity (Wildman–Crippen MR) is 175 cm³/mol. The summed E-state index contributed by atoms with van der Waals surface area (Å²) in [4.78, 5) is 40.5. The van der Waals surface area contributed by atoms with Gasteiger partial charge >= 0.3 is 5.97 Å². The molecule has 0 spiro atoms. The van der Waals surface area contributed by atoms with Crippen LogP contribution in [-0.2, 0) is 16.0 Å². The molecule has 4 rings (SSSR count). The van der Waals surface area contributed by atoms with Gasteiger partial charge in [0, 0.05) is 34.8 Å². The highest BCUT2D eigenvalue weighted by molar-refractivity contribution is 6.12. The Kier molecular flexibility index (Phi) is 11.3. The molecule has 0 saturated heterocycles. The SMILES string of the molecule is CCC(CC)C(=O)N(CCOc1ccc(CC(Nc2ccccc2C(=O)c2ccccc2)C(=O)O)cc1)c1cccc(C)c1. The molecule has 7 nitrogen and oxygen atoms in total. The number of aliphatic carboxylic acids is 1. The van der Waals surface area contributed by atoms with E-state index in [1.165, 1.54) is 0 Å². The van der Waals surface area contributed by atoms with E-state index in [-0.39, 0.29) is 24.0 Å². The van der Waals surface area contributed by atoms with Crippen LogP contribution >= 0.6 is 0 Å². The van der Waals surface area contributed by atoms with Gasteiger partial charge in [-0.15, -0.1) is 0 Å². The predicted octanol–water partition coefficient (Wildman–Crippen LogP) is 7.18. The molecular formula is C37H40N2O5. The fourth-order valence-electron chi connectivity index (χ4n) is 5.17. The van der Waals surface area contributed by atoms with Crippen molar-refractivity contribution in [2.75, 3.05) is 23.4 Å². The van der Waals surface area contributed by atoms with E-state index in [1.807, 2.05) is 68.1 Å². The van der Waals surface area contributed by atoms with Crippen LogP contribution in [0.1, 0.15) is 53.7 Å². The fraction of sp³-hybridized carbons (Fsp3) is 0.270. The van der Waals surface area contributed by atoms with Gasteiger partial charge in [-0.2, -0.15) is 0 Å². The third-order valence-corrected chi connectivity index (χ3v) is 7.70. The van der Waals surface area contributed by atoms with Crippen LogP contribution in [0.15, 0.2) is 103 Å². The maximum atomic E-state index is 13.3. The number of para-hydroxylation sites is 1. The summed E-state index contributed by atoms with van der Waals surface area (Å²) in [7, 11) is 0. The van der Waals surface area contributed by atoms with Crippen molar-refractivity contribution >= 4 is 29.0 Å². The molecule has 4 aromatic carbocycles. The number of carboxylic acid groups (broad SMARTS) is 1. The molecule has 1 atom stereocenters. The summed E-state index contributed by atoms with van der Waals surface area (Å²) in [6.45, 7) is 6.80. The smallest absolute Gasteiger partial charge is 0.326 e. The monoisotopic (exact) mass is 592 g/mol. The van der Waals surface area contributed by atoms with E-state index in [9.17, 15) is 19.5 Å². The molecule has 0 aromatic heterocycles. The number of aryl methyl sites for hydroxylation is 1. The molecule has 0 aliphatic heterocycles. The number of ether oxygens (including phenoxy) is 1. The van der Waals surface area contributed by atoms with E-state index in [4.69, 9.17) is 4.74 Å². The van der Waals surface area contributed by atoms with Crippen LogP contribution in [0.2, 0.25) is 0 Å². The summed E-state index contributed by atoms with van der Waals surface area (Å²) < 4.78 is 6.01. The van der Waals surface area contributed by atoms with E-state index in [1.54, 1.807) is 60.7 Å². The van der Waals surface area contributed by atoms with Gasteiger partial charge in [0.15, 0.2) is 5.78 Å². The molecule has 0 saturated carbocycles. The van der Waals surface area contributed by atoms with Crippen LogP contribution in [0.4, 0.5) is 11.4 Å². The van der Waals surface area contributed by atoms with E-state index >= 15 is 0 Å². The second-order valence-corrected chi connectivity index (χ2v) is 10.8. The first-order valence-electron chi connectivity index (χ1n) is 15.1. The number of nitrogens with zero attached hydrogens (tertiary/aromatic N) is 1. The zero-order chi connectivity index (χ0) is 31.5. The lowest BCUT2D eigenvalue weighted by atomic mass is 10.00. The summed E-state index contributed by atoms with van der Waals surface area (Å²) in [5.74, 6) is -0.521. The number of rotatable bonds is 15. The minimum atomic E-state index is -1.02. The third-order valence-electron chi connectivity index (χ3n) is 7.70. The van der Waals surface area contributed by atoms with E-state index in [0.29, 0.717) is 35.7 Å². The number of anilines is 2. The lowest BCUT2D eigenvalue weighted by molar-refractivity contribution is -0.137. The van der Waals surface area contributed by atoms with Gasteiger partial charge in [-0.3, -0.25) is 9.59 Å². The van der Waals surface area contributed by atoms with Gasteiger partial charge in [-0.05, 0) is 67.3 Å². The van der Waals surface area contributed by atoms with E-state index < -0.39 is 12.0 Å². The van der Waals surface area contributed by atoms with Crippen LogP contribution in [0, 0.1) is 12.8 Å². The third kappa shape index (κ3) is 8.34. The second kappa shape index (κ2) is 15.5. The molecule has 1 unspecified atom stereocenters. The Bertz CT molecular complexity index is 1550. The Morgan fingerprint density at radius 2 is 1.52 bits per heavy atom. The first-order valence-corrected chi connectivity index (χ1v) is 15.1. The number of ketones is 1. The Morgan fingerprint density at radius 3 is 2.18 bits per heavy atom. The molecule has 0 fully saturated rings. The quantitative estimate of drug-likeness (QED) is 0.142. The van der Waals surface area contributed by atoms with Gasteiger partial charge in [0.05, 0.1) is 6.54 Å². The van der Waals surface area contributed by atoms with Crippen LogP contribution in [0.3, 0.4) is 0 Å². The van der Waals surface area contributed by atoms with Crippen LogP contribution < -0.4 is 15.0 Å². The molecule has 0 bridgehead atoms. The van der Waals surface area contributed by atoms with Crippen LogP contribution in [0.5, 0.6) is 5.75 Å². The highest BCUT2D eigenvalue weighted by atomic mass is 16.5. The van der Waals surface area contributed by atoms with Gasteiger partial charge in [-0.25, -0.2) is 4.79 Å². The van der Waals surface area contributed by atoms with Crippen molar-refractivity contribution in [3.8, 4) is 5.75 Å². The number of hydrogen-bond acceptors (Lipinski definition) is 5. The van der Waals surface area contributed by atoms with Crippen molar-refractivity contribution in [1.29, 1.82) is 0 Å². The minimum Gasteiger partial charge on any atom is -0.492 e. The molecule has 0 heterocycles. The summed E-state index contributed by atoms with van der Waals surface area (Å²) in [5.41, 5.74) is 4.16. The van der Waals surface area contributed by atoms with Crippen molar-refractivity contribution in [1.82, 2.24) is 0 Å². The Morgan fingerprint density at radius 1 is 0.841 bits per heavy atom. The van der Waals surface area contributed by atoms with Crippen molar-refractivity contribution in [3.05, 3.63) is 125 Å². The molecular weight excluding hydrogens is 552 g/mol. The number of carbonyl (C=O) groups excluding carboxylic acids is 2. The number of benzene rings is 4. The molecule has 228 valence electrons. The topological polar surface area (TPSA) is 95.9 Å². The van der Waals surface area contributed by atoms with Crippen LogP contribution in [0.25, 0.3) is 0 Å². The van der Waals surface area contributed by atoms with Gasteiger partial charge in [0.25, 0.3) is 0 Å². The Hall–Kier alpha value is -4.91. The van der Waals surface area contributed by atoms with E-state index in [0.717, 1.165) is 29.7 Å². The molecule has 4 aromatic rings. The highest BCUT2D eigenvalue weighted by Gasteiger charge is 2.24. The maximum Gasteiger partial charge on any atom is 0.326 e. The number of carbonyl (C=O) groups is 3. The van der Waals surface area contributed by atoms with Crippen molar-refractivity contribution in [3.63, 3.8) is 0 Å². The lowest BCUT2D eigenvalue weighted by Gasteiger charge is -2.27. The molecule has 2 N–H and O–H groups in total. The average Bonchev–Trinajstić information content (AvgIpc) is 3.04. The molecule has 44 heavy (non-hydrogen) atoms. The molecule has 0 radical (unpaired) electrons. The summed E-state index contributed by atoms with van der Waals surface area (Å²) in [6, 6.07) is 30.1. The summed E-state index contributed by atoms with van der Waals surface area (Å²) in [5, 5.41) is 13.1. The number of carboxylic acids is 1. The van der Waals surface area contributed by atoms with Gasteiger partial charge < -0.3 is 20.1 Å². The normalized spacial score (nSPS) is 11.5. The minimum absolute atomic E-state index is 0.0472. The zero-order valence-corrected chi connectivity index (χ0v) is 25.5. The summed E-state index contributed by atoms with van der Waals surface area (Å²) >= 11 is 0. The average molecular weight is 593 g/mol. The standard InChI is InChI=1S/C37H40N2O5/c1-4-28(5-2)36(41)39(30-15-11-12-26(3)24-30)22-23-44-31-20-18-27(19-21-31)25-34(37(42)43)38-33-17-10-9-16-32(33)35(40)29-13-7-6-8-14-29/h6-21,24,28,34,38H,4-5,22-23,25H2,1-3H3,(H,42,43). The maximum absolute atomic E-state index is 13.3. The highest BCUT2D eigenvalue weighted by Crippen LogP contribution is 2.23. The largest absolute Gasteiger partial charge is 0.492 e. The molecule has 0 aliphatic rings. The zero-order valence-electron chi connectivity index (χ0n) is 25.5. The van der Waals surface area contributed by atoms with Crippen molar-refractivity contribution in [2.24, 2.45) is 5.92 Å². The number of hydrogen-bond donors (Lipinski definition) is 2. The first kappa shape index (κ1) is 32.0. The molecule has 0 aliphatic carbocycles. The Labute approximate surface area is 259 Å². The molecule has 1 amide bonds. The van der Waals surface area contributed by atoms with Gasteiger partial charge in [0.2, 0.25) is 5.91 Å². The fourth-order valence-corrected chi connectivity index (χ4v) is 5.17. The number of nitrogens with one attached hydrogen (secondary N) is 1. The number of amides is 1. The first-order chi connectivity index (χ1) is 21.3.